The van der Waals surface area contributed by atoms with Gasteiger partial charge in [-0.05, 0) is 36.3 Å². The molecular formula is C18H28O2. The summed E-state index contributed by atoms with van der Waals surface area (Å²) in [7, 11) is 0. The molecular weight excluding hydrogens is 248 g/mol. The Morgan fingerprint density at radius 1 is 1.20 bits per heavy atom. The number of rotatable bonds is 8. The molecule has 0 spiro atoms. The monoisotopic (exact) mass is 276 g/mol. The molecule has 0 amide bonds. The van der Waals surface area contributed by atoms with Gasteiger partial charge < -0.3 is 5.11 Å². The molecule has 0 aliphatic rings. The Hall–Kier alpha value is -1.31. The van der Waals surface area contributed by atoms with Gasteiger partial charge in [0.1, 0.15) is 0 Å². The van der Waals surface area contributed by atoms with Gasteiger partial charge in [0.25, 0.3) is 0 Å². The summed E-state index contributed by atoms with van der Waals surface area (Å²) in [6, 6.07) is 8.07. The van der Waals surface area contributed by atoms with Crippen LogP contribution in [-0.4, -0.2) is 11.1 Å². The SMILES string of the molecule is CCCCCC(C)(C)Cc1ccc(C(C)C(=O)O)cc1. The average Bonchev–Trinajstić information content (AvgIpc) is 2.38. The van der Waals surface area contributed by atoms with Gasteiger partial charge in [-0.2, -0.15) is 0 Å². The maximum Gasteiger partial charge on any atom is 0.310 e. The second kappa shape index (κ2) is 7.47. The molecule has 1 atom stereocenters. The summed E-state index contributed by atoms with van der Waals surface area (Å²) in [4.78, 5) is 11.0. The van der Waals surface area contributed by atoms with Crippen LogP contribution in [0.15, 0.2) is 24.3 Å². The molecule has 1 N–H and O–H groups in total. The molecule has 0 aliphatic heterocycles. The lowest BCUT2D eigenvalue weighted by molar-refractivity contribution is -0.138. The van der Waals surface area contributed by atoms with Crippen LogP contribution in [0.2, 0.25) is 0 Å². The van der Waals surface area contributed by atoms with Gasteiger partial charge in [0, 0.05) is 0 Å². The van der Waals surface area contributed by atoms with Crippen LogP contribution in [0.1, 0.15) is 70.4 Å². The number of benzene rings is 1. The summed E-state index contributed by atoms with van der Waals surface area (Å²) in [5.41, 5.74) is 2.49. The molecule has 0 bridgehead atoms. The van der Waals surface area contributed by atoms with E-state index in [0.29, 0.717) is 5.41 Å². The number of carboxylic acid groups (broad SMARTS) is 1. The van der Waals surface area contributed by atoms with Crippen molar-refractivity contribution in [2.75, 3.05) is 0 Å². The van der Waals surface area contributed by atoms with Gasteiger partial charge in [-0.1, -0.05) is 64.3 Å². The van der Waals surface area contributed by atoms with Crippen LogP contribution in [-0.2, 0) is 11.2 Å². The Morgan fingerprint density at radius 3 is 2.30 bits per heavy atom. The molecule has 20 heavy (non-hydrogen) atoms. The van der Waals surface area contributed by atoms with E-state index >= 15 is 0 Å². The first-order valence-electron chi connectivity index (χ1n) is 7.67. The molecule has 1 aromatic carbocycles. The predicted octanol–water partition coefficient (Wildman–Crippen LogP) is 5.02. The van der Waals surface area contributed by atoms with Crippen molar-refractivity contribution in [2.24, 2.45) is 5.41 Å². The molecule has 0 aliphatic carbocycles. The second-order valence-electron chi connectivity index (χ2n) is 6.60. The molecule has 0 saturated heterocycles. The molecule has 0 heterocycles. The highest BCUT2D eigenvalue weighted by molar-refractivity contribution is 5.75. The summed E-state index contributed by atoms with van der Waals surface area (Å²) in [5.74, 6) is -1.20. The van der Waals surface area contributed by atoms with Crippen molar-refractivity contribution in [2.45, 2.75) is 65.7 Å². The molecule has 1 unspecified atom stereocenters. The third-order valence-corrected chi connectivity index (χ3v) is 3.99. The zero-order valence-electron chi connectivity index (χ0n) is 13.3. The van der Waals surface area contributed by atoms with E-state index in [1.807, 2.05) is 12.1 Å². The molecule has 2 nitrogen and oxygen atoms in total. The highest BCUT2D eigenvalue weighted by Gasteiger charge is 2.18. The highest BCUT2D eigenvalue weighted by atomic mass is 16.4. The zero-order valence-corrected chi connectivity index (χ0v) is 13.3. The third kappa shape index (κ3) is 5.36. The lowest BCUT2D eigenvalue weighted by Crippen LogP contribution is -2.15. The first-order chi connectivity index (χ1) is 9.35. The molecule has 1 rings (SSSR count). The van der Waals surface area contributed by atoms with Crippen LogP contribution in [0, 0.1) is 5.41 Å². The Labute approximate surface area is 123 Å². The van der Waals surface area contributed by atoms with E-state index in [0.717, 1.165) is 12.0 Å². The van der Waals surface area contributed by atoms with Crippen molar-refractivity contribution in [1.82, 2.24) is 0 Å². The summed E-state index contributed by atoms with van der Waals surface area (Å²) in [5, 5.41) is 9.01. The standard InChI is InChI=1S/C18H28O2/c1-5-6-7-12-18(3,4)13-15-8-10-16(11-9-15)14(2)17(19)20/h8-11,14H,5-7,12-13H2,1-4H3,(H,19,20). The number of carbonyl (C=O) groups is 1. The van der Waals surface area contributed by atoms with Gasteiger partial charge in [-0.15, -0.1) is 0 Å². The Balaban J connectivity index is 2.62. The number of hydrogen-bond donors (Lipinski definition) is 1. The minimum atomic E-state index is -0.766. The minimum absolute atomic E-state index is 0.315. The van der Waals surface area contributed by atoms with Crippen LogP contribution in [0.25, 0.3) is 0 Å². The highest BCUT2D eigenvalue weighted by Crippen LogP contribution is 2.29. The third-order valence-electron chi connectivity index (χ3n) is 3.99. The number of unbranched alkanes of at least 4 members (excludes halogenated alkanes) is 2. The molecule has 112 valence electrons. The fourth-order valence-electron chi connectivity index (χ4n) is 2.56. The van der Waals surface area contributed by atoms with Gasteiger partial charge in [0.05, 0.1) is 5.92 Å². The second-order valence-corrected chi connectivity index (χ2v) is 6.60. The van der Waals surface area contributed by atoms with Gasteiger partial charge in [-0.25, -0.2) is 0 Å². The normalized spacial score (nSPS) is 13.2. The largest absolute Gasteiger partial charge is 0.481 e. The summed E-state index contributed by atoms with van der Waals surface area (Å²) < 4.78 is 0. The first kappa shape index (κ1) is 16.7. The number of carboxylic acids is 1. The summed E-state index contributed by atoms with van der Waals surface area (Å²) in [6.07, 6.45) is 6.15. The van der Waals surface area contributed by atoms with Crippen LogP contribution >= 0.6 is 0 Å². The van der Waals surface area contributed by atoms with Gasteiger partial charge in [0.15, 0.2) is 0 Å². The molecule has 0 saturated carbocycles. The van der Waals surface area contributed by atoms with Crippen molar-refractivity contribution >= 4 is 5.97 Å². The minimum Gasteiger partial charge on any atom is -0.481 e. The van der Waals surface area contributed by atoms with Crippen molar-refractivity contribution in [3.05, 3.63) is 35.4 Å². The van der Waals surface area contributed by atoms with Crippen molar-refractivity contribution < 1.29 is 9.90 Å². The Morgan fingerprint density at radius 2 is 1.80 bits per heavy atom. The van der Waals surface area contributed by atoms with Gasteiger partial charge in [0.2, 0.25) is 0 Å². The number of aliphatic carboxylic acids is 1. The number of hydrogen-bond acceptors (Lipinski definition) is 1. The van der Waals surface area contributed by atoms with E-state index in [-0.39, 0.29) is 0 Å². The maximum absolute atomic E-state index is 11.0. The topological polar surface area (TPSA) is 37.3 Å². The van der Waals surface area contributed by atoms with Crippen molar-refractivity contribution in [3.8, 4) is 0 Å². The average molecular weight is 276 g/mol. The summed E-state index contributed by atoms with van der Waals surface area (Å²) in [6.45, 7) is 8.59. The first-order valence-corrected chi connectivity index (χ1v) is 7.67. The van der Waals surface area contributed by atoms with E-state index in [1.165, 1.54) is 31.2 Å². The fourth-order valence-corrected chi connectivity index (χ4v) is 2.56. The predicted molar refractivity (Wildman–Crippen MR) is 84.1 cm³/mol. The fraction of sp³-hybridized carbons (Fsp3) is 0.611. The molecule has 1 aromatic rings. The molecule has 0 aromatic heterocycles. The van der Waals surface area contributed by atoms with Crippen molar-refractivity contribution in [3.63, 3.8) is 0 Å². The Kier molecular flexibility index (Phi) is 6.25. The van der Waals surface area contributed by atoms with Crippen LogP contribution in [0.3, 0.4) is 0 Å². The van der Waals surface area contributed by atoms with E-state index in [1.54, 1.807) is 6.92 Å². The molecule has 0 fully saturated rings. The van der Waals surface area contributed by atoms with E-state index in [4.69, 9.17) is 5.11 Å². The maximum atomic E-state index is 11.0. The van der Waals surface area contributed by atoms with E-state index in [9.17, 15) is 4.79 Å². The van der Waals surface area contributed by atoms with E-state index < -0.39 is 11.9 Å². The van der Waals surface area contributed by atoms with Crippen LogP contribution < -0.4 is 0 Å². The quantitative estimate of drug-likeness (QED) is 0.677. The lowest BCUT2D eigenvalue weighted by atomic mass is 9.81. The molecule has 0 radical (unpaired) electrons. The van der Waals surface area contributed by atoms with Crippen LogP contribution in [0.4, 0.5) is 0 Å². The summed E-state index contributed by atoms with van der Waals surface area (Å²) >= 11 is 0. The zero-order chi connectivity index (χ0) is 15.2. The van der Waals surface area contributed by atoms with E-state index in [2.05, 4.69) is 32.9 Å². The Bertz CT molecular complexity index is 418. The van der Waals surface area contributed by atoms with Crippen molar-refractivity contribution in [1.29, 1.82) is 0 Å². The van der Waals surface area contributed by atoms with Crippen LogP contribution in [0.5, 0.6) is 0 Å². The van der Waals surface area contributed by atoms with Gasteiger partial charge in [-0.3, -0.25) is 4.79 Å². The molecule has 2 heteroatoms. The van der Waals surface area contributed by atoms with Gasteiger partial charge >= 0.3 is 5.97 Å². The lowest BCUT2D eigenvalue weighted by Gasteiger charge is -2.25. The smallest absolute Gasteiger partial charge is 0.310 e.